The number of nitrogens with zero attached hydrogens (tertiary/aromatic N) is 3. The molecule has 0 bridgehead atoms. The zero-order chi connectivity index (χ0) is 21.9. The van der Waals surface area contributed by atoms with Crippen LogP contribution in [0.5, 0.6) is 0 Å². The molecular weight excluding hydrogens is 384 g/mol. The lowest BCUT2D eigenvalue weighted by molar-refractivity contribution is 0.0427. The van der Waals surface area contributed by atoms with E-state index in [0.29, 0.717) is 5.82 Å². The summed E-state index contributed by atoms with van der Waals surface area (Å²) >= 11 is 0. The Labute approximate surface area is 177 Å². The van der Waals surface area contributed by atoms with Gasteiger partial charge >= 0.3 is 6.09 Å². The van der Waals surface area contributed by atoms with E-state index in [9.17, 15) is 9.90 Å². The monoisotopic (exact) mass is 416 g/mol. The van der Waals surface area contributed by atoms with Crippen LogP contribution in [0.1, 0.15) is 39.6 Å². The Morgan fingerprint density at radius 3 is 2.43 bits per heavy atom. The van der Waals surface area contributed by atoms with Gasteiger partial charge in [0.15, 0.2) is 0 Å². The fourth-order valence-corrected chi connectivity index (χ4v) is 3.48. The van der Waals surface area contributed by atoms with Gasteiger partial charge in [-0.25, -0.2) is 9.78 Å². The molecule has 1 fully saturated rings. The topological polar surface area (TPSA) is 88.8 Å². The van der Waals surface area contributed by atoms with Gasteiger partial charge in [0.05, 0.1) is 31.2 Å². The third kappa shape index (κ3) is 5.31. The number of alkyl carbamates (subject to hydrolysis) is 1. The molecule has 2 N–H and O–H groups in total. The van der Waals surface area contributed by atoms with E-state index >= 15 is 0 Å². The third-order valence-corrected chi connectivity index (χ3v) is 5.00. The molecule has 8 nitrogen and oxygen atoms in total. The van der Waals surface area contributed by atoms with Crippen LogP contribution in [0.25, 0.3) is 11.3 Å². The van der Waals surface area contributed by atoms with Crippen LogP contribution < -0.4 is 10.2 Å². The van der Waals surface area contributed by atoms with E-state index in [1.54, 1.807) is 33.9 Å². The van der Waals surface area contributed by atoms with Gasteiger partial charge in [-0.1, -0.05) is 12.1 Å². The number of aliphatic hydroxyl groups excluding tert-OH is 1. The number of hydrogen-bond donors (Lipinski definition) is 2. The molecule has 8 heteroatoms. The molecule has 2 heterocycles. The first kappa shape index (κ1) is 22.1. The molecule has 1 aliphatic rings. The number of anilines is 1. The molecule has 2 aromatic rings. The lowest BCUT2D eigenvalue weighted by Crippen LogP contribution is -2.40. The van der Waals surface area contributed by atoms with E-state index < -0.39 is 23.8 Å². The lowest BCUT2D eigenvalue weighted by Gasteiger charge is -2.29. The maximum absolute atomic E-state index is 12.2. The quantitative estimate of drug-likeness (QED) is 0.779. The van der Waals surface area contributed by atoms with E-state index in [2.05, 4.69) is 39.5 Å². The molecule has 1 aliphatic heterocycles. The molecule has 0 saturated carbocycles. The van der Waals surface area contributed by atoms with Gasteiger partial charge < -0.3 is 29.4 Å². The van der Waals surface area contributed by atoms with Gasteiger partial charge in [-0.05, 0) is 45.4 Å². The number of hydrogen-bond acceptors (Lipinski definition) is 6. The number of imidazole rings is 1. The normalized spacial score (nSPS) is 16.8. The van der Waals surface area contributed by atoms with Crippen LogP contribution in [0, 0.1) is 0 Å². The summed E-state index contributed by atoms with van der Waals surface area (Å²) in [5.74, 6) is 0.558. The molecule has 1 aromatic heterocycles. The minimum atomic E-state index is -0.838. The molecular formula is C22H32N4O4. The van der Waals surface area contributed by atoms with E-state index in [-0.39, 0.29) is 0 Å². The van der Waals surface area contributed by atoms with Crippen LogP contribution in [0.4, 0.5) is 10.5 Å². The van der Waals surface area contributed by atoms with Gasteiger partial charge in [0.1, 0.15) is 17.5 Å². The molecule has 0 spiro atoms. The van der Waals surface area contributed by atoms with Crippen LogP contribution in [-0.2, 0) is 16.5 Å². The van der Waals surface area contributed by atoms with Crippen molar-refractivity contribution < 1.29 is 19.4 Å². The number of aromatic nitrogens is 2. The van der Waals surface area contributed by atoms with Crippen molar-refractivity contribution in [1.29, 1.82) is 0 Å². The van der Waals surface area contributed by atoms with E-state index in [1.807, 2.05) is 11.6 Å². The molecule has 164 valence electrons. The van der Waals surface area contributed by atoms with Gasteiger partial charge in [0.2, 0.25) is 0 Å². The summed E-state index contributed by atoms with van der Waals surface area (Å²) in [6, 6.07) is 7.62. The highest BCUT2D eigenvalue weighted by atomic mass is 16.6. The van der Waals surface area contributed by atoms with Crippen molar-refractivity contribution in [3.63, 3.8) is 0 Å². The number of amides is 1. The van der Waals surface area contributed by atoms with E-state index in [4.69, 9.17) is 9.47 Å². The number of ether oxygens (including phenoxy) is 2. The highest BCUT2D eigenvalue weighted by Gasteiger charge is 2.27. The largest absolute Gasteiger partial charge is 0.444 e. The molecule has 0 aliphatic carbocycles. The second-order valence-corrected chi connectivity index (χ2v) is 8.57. The molecule has 1 saturated heterocycles. The highest BCUT2D eigenvalue weighted by molar-refractivity contribution is 5.68. The molecule has 2 atom stereocenters. The number of carbonyl (C=O) groups is 1. The summed E-state index contributed by atoms with van der Waals surface area (Å²) in [7, 11) is 1.87. The first-order valence-electron chi connectivity index (χ1n) is 10.3. The Morgan fingerprint density at radius 2 is 1.87 bits per heavy atom. The van der Waals surface area contributed by atoms with Crippen LogP contribution in [0.15, 0.2) is 30.5 Å². The van der Waals surface area contributed by atoms with Crippen molar-refractivity contribution >= 4 is 11.8 Å². The third-order valence-electron chi connectivity index (χ3n) is 5.00. The van der Waals surface area contributed by atoms with Crippen molar-refractivity contribution in [2.45, 2.75) is 45.4 Å². The number of benzene rings is 1. The summed E-state index contributed by atoms with van der Waals surface area (Å²) in [4.78, 5) is 19.0. The minimum Gasteiger partial charge on any atom is -0.444 e. The number of rotatable bonds is 5. The zero-order valence-electron chi connectivity index (χ0n) is 18.4. The molecule has 30 heavy (non-hydrogen) atoms. The Bertz CT molecular complexity index is 849. The smallest absolute Gasteiger partial charge is 0.408 e. The van der Waals surface area contributed by atoms with Crippen molar-refractivity contribution in [2.24, 2.45) is 7.05 Å². The van der Waals surface area contributed by atoms with Gasteiger partial charge in [-0.3, -0.25) is 0 Å². The van der Waals surface area contributed by atoms with E-state index in [0.717, 1.165) is 43.2 Å². The molecule has 1 aromatic carbocycles. The lowest BCUT2D eigenvalue weighted by atomic mass is 10.1. The first-order chi connectivity index (χ1) is 14.2. The number of nitrogens with one attached hydrogen (secondary N) is 1. The maximum atomic E-state index is 12.2. The molecule has 3 rings (SSSR count). The van der Waals surface area contributed by atoms with Crippen LogP contribution in [-0.4, -0.2) is 58.8 Å². The van der Waals surface area contributed by atoms with Crippen molar-refractivity contribution in [1.82, 2.24) is 14.9 Å². The summed E-state index contributed by atoms with van der Waals surface area (Å²) < 4.78 is 12.6. The second-order valence-electron chi connectivity index (χ2n) is 8.57. The summed E-state index contributed by atoms with van der Waals surface area (Å²) in [5.41, 5.74) is 2.45. The number of carbonyl (C=O) groups excluding carboxylic acids is 1. The SMILES string of the molecule is C[C@@H](O)[C@H](NC(=O)OC(C)(C)C)c1ncc(-c2ccc(N3CCOCC3)cc2)n1C. The fourth-order valence-electron chi connectivity index (χ4n) is 3.48. The predicted molar refractivity (Wildman–Crippen MR) is 115 cm³/mol. The standard InChI is InChI=1S/C22H32N4O4/c1-15(27)19(24-21(28)30-22(2,3)4)20-23-14-18(25(20)5)16-6-8-17(9-7-16)26-10-12-29-13-11-26/h6-9,14-15,19,27H,10-13H2,1-5H3,(H,24,28)/t15-,19+/m1/s1. The van der Waals surface area contributed by atoms with Crippen molar-refractivity contribution in [2.75, 3.05) is 31.2 Å². The Kier molecular flexibility index (Phi) is 6.67. The summed E-state index contributed by atoms with van der Waals surface area (Å²) in [6.45, 7) is 10.3. The van der Waals surface area contributed by atoms with Crippen LogP contribution in [0.2, 0.25) is 0 Å². The maximum Gasteiger partial charge on any atom is 0.408 e. The summed E-state index contributed by atoms with van der Waals surface area (Å²) in [5, 5.41) is 13.0. The van der Waals surface area contributed by atoms with Gasteiger partial charge in [-0.15, -0.1) is 0 Å². The van der Waals surface area contributed by atoms with Gasteiger partial charge in [-0.2, -0.15) is 0 Å². The van der Waals surface area contributed by atoms with Crippen LogP contribution >= 0.6 is 0 Å². The van der Waals surface area contributed by atoms with Crippen molar-refractivity contribution in [3.8, 4) is 11.3 Å². The Balaban J connectivity index is 1.78. The second kappa shape index (κ2) is 9.06. The average Bonchev–Trinajstić information content (AvgIpc) is 3.06. The highest BCUT2D eigenvalue weighted by Crippen LogP contribution is 2.27. The van der Waals surface area contributed by atoms with E-state index in [1.165, 1.54) is 0 Å². The number of aliphatic hydroxyl groups is 1. The van der Waals surface area contributed by atoms with Crippen LogP contribution in [0.3, 0.4) is 0 Å². The van der Waals surface area contributed by atoms with Gasteiger partial charge in [0, 0.05) is 25.8 Å². The Morgan fingerprint density at radius 1 is 1.23 bits per heavy atom. The molecule has 1 amide bonds. The Hall–Kier alpha value is -2.58. The fraction of sp³-hybridized carbons (Fsp3) is 0.545. The van der Waals surface area contributed by atoms with Gasteiger partial charge in [0.25, 0.3) is 0 Å². The van der Waals surface area contributed by atoms with Crippen molar-refractivity contribution in [3.05, 3.63) is 36.3 Å². The minimum absolute atomic E-state index is 0.558. The first-order valence-corrected chi connectivity index (χ1v) is 10.3. The predicted octanol–water partition coefficient (Wildman–Crippen LogP) is 2.87. The molecule has 0 radical (unpaired) electrons. The number of morpholine rings is 1. The zero-order valence-corrected chi connectivity index (χ0v) is 18.4. The molecule has 0 unspecified atom stereocenters. The average molecular weight is 417 g/mol. The summed E-state index contributed by atoms with van der Waals surface area (Å²) in [6.07, 6.45) is 0.327.